The first-order valence-electron chi connectivity index (χ1n) is 7.77. The average molecular weight is 347 g/mol. The molecule has 24 heavy (non-hydrogen) atoms. The second-order valence-electron chi connectivity index (χ2n) is 5.26. The topological polar surface area (TPSA) is 75.4 Å². The standard InChI is InChI=1S/C17H21N3O3S/c1-4-19(5-2)16(23)11-24-17-18-14(21)10-15(22)20(17)13-8-6-12(3)7-9-13/h6-10,21H,4-5,11H2,1-3H3. The van der Waals surface area contributed by atoms with Gasteiger partial charge < -0.3 is 10.0 Å². The molecular weight excluding hydrogens is 326 g/mol. The molecule has 0 aliphatic carbocycles. The van der Waals surface area contributed by atoms with Gasteiger partial charge in [0.15, 0.2) is 5.16 Å². The monoisotopic (exact) mass is 347 g/mol. The van der Waals surface area contributed by atoms with Gasteiger partial charge in [0, 0.05) is 13.1 Å². The summed E-state index contributed by atoms with van der Waals surface area (Å²) in [6.45, 7) is 7.06. The van der Waals surface area contributed by atoms with Crippen molar-refractivity contribution >= 4 is 17.7 Å². The molecule has 1 aromatic carbocycles. The second kappa shape index (κ2) is 8.01. The first-order chi connectivity index (χ1) is 11.5. The number of carbonyl (C=O) groups excluding carboxylic acids is 1. The summed E-state index contributed by atoms with van der Waals surface area (Å²) in [6, 6.07) is 8.47. The van der Waals surface area contributed by atoms with Crippen molar-refractivity contribution in [3.05, 3.63) is 46.2 Å². The van der Waals surface area contributed by atoms with Crippen molar-refractivity contribution < 1.29 is 9.90 Å². The van der Waals surface area contributed by atoms with Crippen LogP contribution >= 0.6 is 11.8 Å². The first kappa shape index (κ1) is 18.1. The van der Waals surface area contributed by atoms with Gasteiger partial charge in [0.05, 0.1) is 17.5 Å². The molecule has 2 rings (SSSR count). The molecule has 0 saturated carbocycles. The fourth-order valence-electron chi connectivity index (χ4n) is 2.27. The molecule has 0 radical (unpaired) electrons. The van der Waals surface area contributed by atoms with Crippen molar-refractivity contribution in [3.63, 3.8) is 0 Å². The molecule has 0 aliphatic rings. The summed E-state index contributed by atoms with van der Waals surface area (Å²) in [5.41, 5.74) is 1.34. The third kappa shape index (κ3) is 4.17. The van der Waals surface area contributed by atoms with Crippen molar-refractivity contribution in [2.45, 2.75) is 25.9 Å². The summed E-state index contributed by atoms with van der Waals surface area (Å²) in [5, 5.41) is 9.94. The summed E-state index contributed by atoms with van der Waals surface area (Å²) in [5.74, 6) is -0.220. The van der Waals surface area contributed by atoms with Gasteiger partial charge in [-0.2, -0.15) is 4.98 Å². The number of carbonyl (C=O) groups is 1. The molecule has 0 spiro atoms. The number of aromatic hydroxyl groups is 1. The molecule has 0 fully saturated rings. The number of amides is 1. The molecule has 0 aliphatic heterocycles. The van der Waals surface area contributed by atoms with Crippen LogP contribution in [0.2, 0.25) is 0 Å². The van der Waals surface area contributed by atoms with Crippen LogP contribution in [0.15, 0.2) is 40.3 Å². The molecule has 0 atom stereocenters. The number of thioether (sulfide) groups is 1. The Balaban J connectivity index is 2.34. The lowest BCUT2D eigenvalue weighted by Crippen LogP contribution is -2.32. The van der Waals surface area contributed by atoms with Crippen LogP contribution in [0.3, 0.4) is 0 Å². The number of aromatic nitrogens is 2. The minimum Gasteiger partial charge on any atom is -0.493 e. The van der Waals surface area contributed by atoms with Gasteiger partial charge in [-0.15, -0.1) is 0 Å². The van der Waals surface area contributed by atoms with E-state index in [0.29, 0.717) is 23.9 Å². The molecule has 1 amide bonds. The maximum absolute atomic E-state index is 12.3. The van der Waals surface area contributed by atoms with Crippen molar-refractivity contribution in [2.75, 3.05) is 18.8 Å². The first-order valence-corrected chi connectivity index (χ1v) is 8.75. The molecule has 1 aromatic heterocycles. The van der Waals surface area contributed by atoms with E-state index in [2.05, 4.69) is 4.98 Å². The van der Waals surface area contributed by atoms with E-state index in [9.17, 15) is 14.7 Å². The number of aryl methyl sites for hydroxylation is 1. The molecule has 2 aromatic rings. The number of hydrogen-bond donors (Lipinski definition) is 1. The van der Waals surface area contributed by atoms with E-state index >= 15 is 0 Å². The molecule has 0 bridgehead atoms. The van der Waals surface area contributed by atoms with Crippen LogP contribution in [0.5, 0.6) is 5.88 Å². The van der Waals surface area contributed by atoms with Crippen molar-refractivity contribution in [3.8, 4) is 11.6 Å². The fourth-order valence-corrected chi connectivity index (χ4v) is 3.19. The zero-order valence-corrected chi connectivity index (χ0v) is 14.8. The van der Waals surface area contributed by atoms with Crippen molar-refractivity contribution in [1.82, 2.24) is 14.5 Å². The third-order valence-electron chi connectivity index (χ3n) is 3.61. The predicted molar refractivity (Wildman–Crippen MR) is 94.9 cm³/mol. The molecule has 7 heteroatoms. The fraction of sp³-hybridized carbons (Fsp3) is 0.353. The molecule has 0 saturated heterocycles. The second-order valence-corrected chi connectivity index (χ2v) is 6.20. The summed E-state index contributed by atoms with van der Waals surface area (Å²) in [6.07, 6.45) is 0. The Morgan fingerprint density at radius 2 is 1.88 bits per heavy atom. The van der Waals surface area contributed by atoms with E-state index in [4.69, 9.17) is 0 Å². The van der Waals surface area contributed by atoms with E-state index in [1.54, 1.807) is 4.90 Å². The van der Waals surface area contributed by atoms with Gasteiger partial charge in [0.25, 0.3) is 5.56 Å². The quantitative estimate of drug-likeness (QED) is 0.640. The van der Waals surface area contributed by atoms with Crippen molar-refractivity contribution in [1.29, 1.82) is 0 Å². The van der Waals surface area contributed by atoms with Crippen LogP contribution in [-0.2, 0) is 4.79 Å². The van der Waals surface area contributed by atoms with Crippen LogP contribution in [0, 0.1) is 6.92 Å². The Morgan fingerprint density at radius 3 is 2.46 bits per heavy atom. The average Bonchev–Trinajstić information content (AvgIpc) is 2.55. The van der Waals surface area contributed by atoms with E-state index in [1.807, 2.05) is 45.0 Å². The zero-order valence-electron chi connectivity index (χ0n) is 14.0. The highest BCUT2D eigenvalue weighted by molar-refractivity contribution is 7.99. The largest absolute Gasteiger partial charge is 0.493 e. The lowest BCUT2D eigenvalue weighted by atomic mass is 10.2. The predicted octanol–water partition coefficient (Wildman–Crippen LogP) is 2.21. The number of nitrogens with zero attached hydrogens (tertiary/aromatic N) is 3. The molecule has 6 nitrogen and oxygen atoms in total. The van der Waals surface area contributed by atoms with E-state index in [1.165, 1.54) is 4.57 Å². The Kier molecular flexibility index (Phi) is 6.03. The minimum atomic E-state index is -0.385. The van der Waals surface area contributed by atoms with Gasteiger partial charge in [-0.1, -0.05) is 29.5 Å². The molecule has 1 heterocycles. The Morgan fingerprint density at radius 1 is 1.25 bits per heavy atom. The molecule has 128 valence electrons. The number of rotatable bonds is 6. The molecular formula is C17H21N3O3S. The van der Waals surface area contributed by atoms with Crippen LogP contribution in [-0.4, -0.2) is 44.3 Å². The number of hydrogen-bond acceptors (Lipinski definition) is 5. The van der Waals surface area contributed by atoms with Crippen molar-refractivity contribution in [2.24, 2.45) is 0 Å². The maximum Gasteiger partial charge on any atom is 0.262 e. The van der Waals surface area contributed by atoms with Gasteiger partial charge >= 0.3 is 0 Å². The van der Waals surface area contributed by atoms with Gasteiger partial charge in [-0.05, 0) is 32.9 Å². The maximum atomic E-state index is 12.3. The van der Waals surface area contributed by atoms with E-state index < -0.39 is 0 Å². The lowest BCUT2D eigenvalue weighted by Gasteiger charge is -2.18. The van der Waals surface area contributed by atoms with Gasteiger partial charge in [-0.3, -0.25) is 14.2 Å². The smallest absolute Gasteiger partial charge is 0.262 e. The zero-order chi connectivity index (χ0) is 17.7. The van der Waals surface area contributed by atoms with E-state index in [-0.39, 0.29) is 23.1 Å². The summed E-state index contributed by atoms with van der Waals surface area (Å²) in [7, 11) is 0. The SMILES string of the molecule is CCN(CC)C(=O)CSc1nc(O)cc(=O)n1-c1ccc(C)cc1. The van der Waals surface area contributed by atoms with Crippen LogP contribution in [0.4, 0.5) is 0 Å². The molecule has 0 unspecified atom stereocenters. The Bertz CT molecular complexity index is 768. The Hall–Kier alpha value is -2.28. The van der Waals surface area contributed by atoms with Crippen LogP contribution < -0.4 is 5.56 Å². The highest BCUT2D eigenvalue weighted by Gasteiger charge is 2.15. The van der Waals surface area contributed by atoms with Crippen LogP contribution in [0.1, 0.15) is 19.4 Å². The molecule has 1 N–H and O–H groups in total. The normalized spacial score (nSPS) is 10.6. The summed E-state index contributed by atoms with van der Waals surface area (Å²) >= 11 is 1.14. The lowest BCUT2D eigenvalue weighted by molar-refractivity contribution is -0.127. The van der Waals surface area contributed by atoms with Gasteiger partial charge in [0.2, 0.25) is 11.8 Å². The Labute approximate surface area is 145 Å². The van der Waals surface area contributed by atoms with Gasteiger partial charge in [0.1, 0.15) is 0 Å². The van der Waals surface area contributed by atoms with E-state index in [0.717, 1.165) is 23.4 Å². The highest BCUT2D eigenvalue weighted by atomic mass is 32.2. The van der Waals surface area contributed by atoms with Gasteiger partial charge in [-0.25, -0.2) is 0 Å². The third-order valence-corrected chi connectivity index (χ3v) is 4.53. The minimum absolute atomic E-state index is 0.0296. The summed E-state index contributed by atoms with van der Waals surface area (Å²) in [4.78, 5) is 30.2. The highest BCUT2D eigenvalue weighted by Crippen LogP contribution is 2.21. The number of benzene rings is 1. The van der Waals surface area contributed by atoms with Crippen LogP contribution in [0.25, 0.3) is 5.69 Å². The summed E-state index contributed by atoms with van der Waals surface area (Å²) < 4.78 is 1.40.